The molecule has 1 saturated carbocycles. The van der Waals surface area contributed by atoms with E-state index in [9.17, 15) is 5.11 Å². The lowest BCUT2D eigenvalue weighted by Crippen LogP contribution is -2.48. The Bertz CT molecular complexity index is 483. The second-order valence-corrected chi connectivity index (χ2v) is 6.29. The normalized spacial score (nSPS) is 24.7. The summed E-state index contributed by atoms with van der Waals surface area (Å²) < 4.78 is 0. The molecule has 0 spiro atoms. The first-order valence-corrected chi connectivity index (χ1v) is 8.24. The molecule has 2 unspecified atom stereocenters. The summed E-state index contributed by atoms with van der Waals surface area (Å²) in [5, 5.41) is 16.9. The number of pyridine rings is 1. The van der Waals surface area contributed by atoms with Gasteiger partial charge in [0.15, 0.2) is 5.96 Å². The molecule has 0 aliphatic heterocycles. The molecule has 0 bridgehead atoms. The topological polar surface area (TPSA) is 69.5 Å². The average Bonchev–Trinajstić information content (AvgIpc) is 2.54. The van der Waals surface area contributed by atoms with Gasteiger partial charge in [-0.15, -0.1) is 24.0 Å². The van der Waals surface area contributed by atoms with Crippen molar-refractivity contribution >= 4 is 29.9 Å². The van der Waals surface area contributed by atoms with Crippen LogP contribution in [0.2, 0.25) is 0 Å². The fourth-order valence-corrected chi connectivity index (χ4v) is 2.87. The molecular formula is C17H29IN4O. The lowest BCUT2D eigenvalue weighted by atomic mass is 9.73. The molecule has 6 heteroatoms. The first-order valence-electron chi connectivity index (χ1n) is 8.24. The SMILES string of the molecule is CCNC(=NCc1ccccn1)NCC1(C)CCCCC1O.I. The number of aliphatic imine (C=N–C) groups is 1. The largest absolute Gasteiger partial charge is 0.392 e. The molecule has 0 aromatic carbocycles. The highest BCUT2D eigenvalue weighted by atomic mass is 127. The van der Waals surface area contributed by atoms with Crippen molar-refractivity contribution in [3.8, 4) is 0 Å². The van der Waals surface area contributed by atoms with E-state index in [0.717, 1.165) is 44.0 Å². The number of aromatic nitrogens is 1. The molecular weight excluding hydrogens is 403 g/mol. The Kier molecular flexibility index (Phi) is 8.83. The molecule has 1 aliphatic rings. The van der Waals surface area contributed by atoms with Crippen molar-refractivity contribution in [2.75, 3.05) is 13.1 Å². The summed E-state index contributed by atoms with van der Waals surface area (Å²) >= 11 is 0. The highest BCUT2D eigenvalue weighted by Gasteiger charge is 2.35. The summed E-state index contributed by atoms with van der Waals surface area (Å²) in [7, 11) is 0. The number of nitrogens with one attached hydrogen (secondary N) is 2. The van der Waals surface area contributed by atoms with Crippen LogP contribution in [0.4, 0.5) is 0 Å². The van der Waals surface area contributed by atoms with Gasteiger partial charge < -0.3 is 15.7 Å². The Morgan fingerprint density at radius 1 is 1.39 bits per heavy atom. The molecule has 0 radical (unpaired) electrons. The summed E-state index contributed by atoms with van der Waals surface area (Å²) in [6.07, 6.45) is 5.83. The average molecular weight is 432 g/mol. The van der Waals surface area contributed by atoms with Gasteiger partial charge in [0, 0.05) is 24.7 Å². The Morgan fingerprint density at radius 3 is 2.87 bits per heavy atom. The Hall–Kier alpha value is -0.890. The van der Waals surface area contributed by atoms with Crippen LogP contribution < -0.4 is 10.6 Å². The highest BCUT2D eigenvalue weighted by molar-refractivity contribution is 14.0. The first kappa shape index (κ1) is 20.2. The third kappa shape index (κ3) is 6.25. The number of aliphatic hydroxyl groups excluding tert-OH is 1. The number of guanidine groups is 1. The minimum Gasteiger partial charge on any atom is -0.392 e. The molecule has 1 aromatic heterocycles. The van der Waals surface area contributed by atoms with Crippen molar-refractivity contribution in [2.45, 2.75) is 52.2 Å². The molecule has 1 aromatic rings. The van der Waals surface area contributed by atoms with Crippen LogP contribution in [-0.4, -0.2) is 35.2 Å². The fourth-order valence-electron chi connectivity index (χ4n) is 2.87. The number of rotatable bonds is 5. The van der Waals surface area contributed by atoms with Gasteiger partial charge in [-0.1, -0.05) is 25.8 Å². The van der Waals surface area contributed by atoms with E-state index >= 15 is 0 Å². The zero-order valence-corrected chi connectivity index (χ0v) is 16.4. The number of hydrogen-bond acceptors (Lipinski definition) is 3. The summed E-state index contributed by atoms with van der Waals surface area (Å²) in [6.45, 7) is 6.31. The van der Waals surface area contributed by atoms with Crippen LogP contribution >= 0.6 is 24.0 Å². The van der Waals surface area contributed by atoms with Crippen molar-refractivity contribution in [3.63, 3.8) is 0 Å². The molecule has 1 aliphatic carbocycles. The van der Waals surface area contributed by atoms with Gasteiger partial charge in [0.1, 0.15) is 0 Å². The highest BCUT2D eigenvalue weighted by Crippen LogP contribution is 2.35. The fraction of sp³-hybridized carbons (Fsp3) is 0.647. The monoisotopic (exact) mass is 432 g/mol. The Labute approximate surface area is 156 Å². The molecule has 5 nitrogen and oxygen atoms in total. The predicted octanol–water partition coefficient (Wildman–Crippen LogP) is 2.70. The molecule has 2 atom stereocenters. The van der Waals surface area contributed by atoms with E-state index in [-0.39, 0.29) is 35.5 Å². The maximum Gasteiger partial charge on any atom is 0.191 e. The third-order valence-electron chi connectivity index (χ3n) is 4.41. The van der Waals surface area contributed by atoms with Gasteiger partial charge in [-0.3, -0.25) is 4.98 Å². The summed E-state index contributed by atoms with van der Waals surface area (Å²) in [4.78, 5) is 8.86. The second kappa shape index (κ2) is 10.1. The van der Waals surface area contributed by atoms with Crippen LogP contribution in [0.25, 0.3) is 0 Å². The number of halogens is 1. The molecule has 0 amide bonds. The van der Waals surface area contributed by atoms with Crippen molar-refractivity contribution in [1.29, 1.82) is 0 Å². The van der Waals surface area contributed by atoms with Gasteiger partial charge >= 0.3 is 0 Å². The Balaban J connectivity index is 0.00000264. The molecule has 3 N–H and O–H groups in total. The zero-order valence-electron chi connectivity index (χ0n) is 14.1. The summed E-state index contributed by atoms with van der Waals surface area (Å²) in [5.41, 5.74) is 0.878. The molecule has 2 rings (SSSR count). The zero-order chi connectivity index (χ0) is 15.8. The van der Waals surface area contributed by atoms with Gasteiger partial charge in [-0.05, 0) is 31.9 Å². The van der Waals surface area contributed by atoms with Crippen LogP contribution in [0, 0.1) is 5.41 Å². The van der Waals surface area contributed by atoms with Gasteiger partial charge in [0.2, 0.25) is 0 Å². The molecule has 0 saturated heterocycles. The second-order valence-electron chi connectivity index (χ2n) is 6.29. The predicted molar refractivity (Wildman–Crippen MR) is 105 cm³/mol. The molecule has 1 heterocycles. The summed E-state index contributed by atoms with van der Waals surface area (Å²) in [5.74, 6) is 0.784. The van der Waals surface area contributed by atoms with Crippen molar-refractivity contribution < 1.29 is 5.11 Å². The van der Waals surface area contributed by atoms with Gasteiger partial charge in [0.25, 0.3) is 0 Å². The smallest absolute Gasteiger partial charge is 0.191 e. The van der Waals surface area contributed by atoms with Crippen LogP contribution in [0.5, 0.6) is 0 Å². The standard InChI is InChI=1S/C17H28N4O.HI/c1-3-18-16(20-12-14-8-5-7-11-19-14)21-13-17(2)10-6-4-9-15(17)22;/h5,7-8,11,15,22H,3-4,6,9-10,12-13H2,1-2H3,(H2,18,20,21);1H. The van der Waals surface area contributed by atoms with E-state index < -0.39 is 0 Å². The van der Waals surface area contributed by atoms with Crippen molar-refractivity contribution in [3.05, 3.63) is 30.1 Å². The minimum atomic E-state index is -0.229. The van der Waals surface area contributed by atoms with Crippen LogP contribution in [0.15, 0.2) is 29.4 Å². The maximum absolute atomic E-state index is 10.3. The first-order chi connectivity index (χ1) is 10.6. The summed E-state index contributed by atoms with van der Waals surface area (Å²) in [6, 6.07) is 5.85. The maximum atomic E-state index is 10.3. The lowest BCUT2D eigenvalue weighted by Gasteiger charge is -2.38. The quantitative estimate of drug-likeness (QED) is 0.380. The number of hydrogen-bond donors (Lipinski definition) is 3. The number of nitrogens with zero attached hydrogens (tertiary/aromatic N) is 2. The number of aliphatic hydroxyl groups is 1. The van der Waals surface area contributed by atoms with Gasteiger partial charge in [-0.25, -0.2) is 4.99 Å². The lowest BCUT2D eigenvalue weighted by molar-refractivity contribution is 0.00397. The van der Waals surface area contributed by atoms with Crippen molar-refractivity contribution in [2.24, 2.45) is 10.4 Å². The van der Waals surface area contributed by atoms with E-state index in [1.807, 2.05) is 18.2 Å². The third-order valence-corrected chi connectivity index (χ3v) is 4.41. The minimum absolute atomic E-state index is 0. The van der Waals surface area contributed by atoms with Gasteiger partial charge in [-0.2, -0.15) is 0 Å². The van der Waals surface area contributed by atoms with E-state index in [1.54, 1.807) is 6.20 Å². The van der Waals surface area contributed by atoms with Crippen LogP contribution in [-0.2, 0) is 6.54 Å². The van der Waals surface area contributed by atoms with Crippen molar-refractivity contribution in [1.82, 2.24) is 15.6 Å². The molecule has 1 fully saturated rings. The molecule has 23 heavy (non-hydrogen) atoms. The molecule has 130 valence electrons. The van der Waals surface area contributed by atoms with Gasteiger partial charge in [0.05, 0.1) is 18.3 Å². The van der Waals surface area contributed by atoms with E-state index in [1.165, 1.54) is 6.42 Å². The van der Waals surface area contributed by atoms with E-state index in [0.29, 0.717) is 6.54 Å². The van der Waals surface area contributed by atoms with E-state index in [4.69, 9.17) is 0 Å². The van der Waals surface area contributed by atoms with Crippen LogP contribution in [0.1, 0.15) is 45.2 Å². The van der Waals surface area contributed by atoms with E-state index in [2.05, 4.69) is 34.5 Å². The van der Waals surface area contributed by atoms with Crippen LogP contribution in [0.3, 0.4) is 0 Å². The Morgan fingerprint density at radius 2 is 2.22 bits per heavy atom.